The van der Waals surface area contributed by atoms with Crippen molar-refractivity contribution >= 4 is 31.1 Å². The molecule has 0 unspecified atom stereocenters. The fraction of sp³-hybridized carbons (Fsp3) is 0.400. The SMILES string of the molecule is COc1ccc2c(c1)CCN(C(=O)OCCC(=O)O)[C@H]2C(=O)Cc1cc(F)c([Si](C)(C)C)c(F)c1. The summed E-state index contributed by atoms with van der Waals surface area (Å²) in [4.78, 5) is 38.2. The lowest BCUT2D eigenvalue weighted by atomic mass is 9.88. The molecule has 2 aromatic carbocycles. The fourth-order valence-electron chi connectivity index (χ4n) is 4.32. The molecule has 0 radical (unpaired) electrons. The van der Waals surface area contributed by atoms with Crippen molar-refractivity contribution in [2.24, 2.45) is 0 Å². The van der Waals surface area contributed by atoms with Crippen molar-refractivity contribution in [3.05, 3.63) is 58.7 Å². The Morgan fingerprint density at radius 1 is 1.11 bits per heavy atom. The number of amides is 1. The minimum absolute atomic E-state index is 0.0763. The molecule has 1 amide bonds. The molecule has 0 fully saturated rings. The number of ether oxygens (including phenoxy) is 2. The monoisotopic (exact) mass is 505 g/mol. The van der Waals surface area contributed by atoms with Crippen LogP contribution in [-0.4, -0.2) is 56.2 Å². The summed E-state index contributed by atoms with van der Waals surface area (Å²) in [7, 11) is -0.759. The highest BCUT2D eigenvalue weighted by molar-refractivity contribution is 6.88. The summed E-state index contributed by atoms with van der Waals surface area (Å²) in [5.74, 6) is -2.31. The van der Waals surface area contributed by atoms with Crippen molar-refractivity contribution in [2.75, 3.05) is 20.3 Å². The summed E-state index contributed by atoms with van der Waals surface area (Å²) >= 11 is 0. The predicted octanol–water partition coefficient (Wildman–Crippen LogP) is 3.84. The number of carboxylic acid groups (broad SMARTS) is 1. The smallest absolute Gasteiger partial charge is 0.410 e. The molecule has 3 rings (SSSR count). The maximum Gasteiger partial charge on any atom is 0.410 e. The molecule has 1 aliphatic heterocycles. The number of nitrogens with zero attached hydrogens (tertiary/aromatic N) is 1. The van der Waals surface area contributed by atoms with Gasteiger partial charge in [0.15, 0.2) is 5.78 Å². The van der Waals surface area contributed by atoms with E-state index in [2.05, 4.69) is 0 Å². The van der Waals surface area contributed by atoms with Crippen LogP contribution in [-0.2, 0) is 27.2 Å². The first-order valence-electron chi connectivity index (χ1n) is 11.3. The van der Waals surface area contributed by atoms with E-state index in [4.69, 9.17) is 14.6 Å². The van der Waals surface area contributed by atoms with E-state index in [1.807, 2.05) is 19.6 Å². The molecule has 0 aromatic heterocycles. The topological polar surface area (TPSA) is 93.1 Å². The minimum atomic E-state index is -2.28. The van der Waals surface area contributed by atoms with Crippen LogP contribution in [0.25, 0.3) is 0 Å². The van der Waals surface area contributed by atoms with Gasteiger partial charge in [-0.25, -0.2) is 13.6 Å². The number of hydrogen-bond donors (Lipinski definition) is 1. The molecular weight excluding hydrogens is 476 g/mol. The molecule has 0 aliphatic carbocycles. The number of carbonyl (C=O) groups is 3. The molecule has 0 saturated heterocycles. The summed E-state index contributed by atoms with van der Waals surface area (Å²) in [6, 6.07) is 6.45. The van der Waals surface area contributed by atoms with Crippen molar-refractivity contribution in [3.63, 3.8) is 0 Å². The Hall–Kier alpha value is -3.27. The van der Waals surface area contributed by atoms with Crippen LogP contribution in [0.5, 0.6) is 5.75 Å². The molecule has 10 heteroatoms. The van der Waals surface area contributed by atoms with Gasteiger partial charge in [-0.1, -0.05) is 25.7 Å². The normalized spacial score (nSPS) is 15.4. The third-order valence-electron chi connectivity index (χ3n) is 5.89. The Balaban J connectivity index is 1.93. The third-order valence-corrected chi connectivity index (χ3v) is 7.87. The molecule has 0 bridgehead atoms. The van der Waals surface area contributed by atoms with Crippen LogP contribution in [0.3, 0.4) is 0 Å². The van der Waals surface area contributed by atoms with Gasteiger partial charge in [0.1, 0.15) is 30.0 Å². The van der Waals surface area contributed by atoms with E-state index in [-0.39, 0.29) is 36.7 Å². The number of methoxy groups -OCH3 is 1. The average molecular weight is 506 g/mol. The first-order valence-corrected chi connectivity index (χ1v) is 14.8. The number of ketones is 1. The summed E-state index contributed by atoms with van der Waals surface area (Å²) < 4.78 is 39.9. The first kappa shape index (κ1) is 26.3. The molecule has 2 aromatic rings. The Labute approximate surface area is 203 Å². The Kier molecular flexibility index (Phi) is 7.94. The van der Waals surface area contributed by atoms with E-state index in [9.17, 15) is 23.2 Å². The zero-order chi connectivity index (χ0) is 25.9. The first-order chi connectivity index (χ1) is 16.4. The lowest BCUT2D eigenvalue weighted by Crippen LogP contribution is -2.44. The van der Waals surface area contributed by atoms with Crippen molar-refractivity contribution in [1.29, 1.82) is 0 Å². The standard InChI is InChI=1S/C25H29F2NO6Si/c1-33-17-5-6-18-16(14-17)7-9-28(25(32)34-10-8-22(30)31)23(18)21(29)13-15-11-19(26)24(20(27)12-15)35(2,3)4/h5-6,11-12,14,23H,7-10,13H2,1-4H3,(H,30,31)/t23-/m1/s1. The highest BCUT2D eigenvalue weighted by Crippen LogP contribution is 2.34. The van der Waals surface area contributed by atoms with Crippen LogP contribution >= 0.6 is 0 Å². The highest BCUT2D eigenvalue weighted by atomic mass is 28.3. The summed E-state index contributed by atoms with van der Waals surface area (Å²) in [6.07, 6.45) is -1.06. The number of Topliss-reactive ketones (excluding diaryl/α,β-unsaturated/α-hetero) is 1. The van der Waals surface area contributed by atoms with Crippen LogP contribution in [0.1, 0.15) is 29.2 Å². The largest absolute Gasteiger partial charge is 0.497 e. The zero-order valence-electron chi connectivity index (χ0n) is 20.2. The molecule has 35 heavy (non-hydrogen) atoms. The lowest BCUT2D eigenvalue weighted by molar-refractivity contribution is -0.138. The van der Waals surface area contributed by atoms with E-state index in [0.29, 0.717) is 17.7 Å². The van der Waals surface area contributed by atoms with Gasteiger partial charge in [-0.2, -0.15) is 0 Å². The lowest BCUT2D eigenvalue weighted by Gasteiger charge is -2.36. The van der Waals surface area contributed by atoms with Crippen LogP contribution in [0, 0.1) is 11.6 Å². The van der Waals surface area contributed by atoms with Gasteiger partial charge in [-0.15, -0.1) is 0 Å². The van der Waals surface area contributed by atoms with Gasteiger partial charge in [0.05, 0.1) is 21.6 Å². The molecule has 1 heterocycles. The summed E-state index contributed by atoms with van der Waals surface area (Å²) in [5.41, 5.74) is 1.55. The Bertz CT molecular complexity index is 1120. The molecular formula is C25H29F2NO6Si. The second-order valence-electron chi connectivity index (χ2n) is 9.50. The highest BCUT2D eigenvalue weighted by Gasteiger charge is 2.37. The van der Waals surface area contributed by atoms with Crippen molar-refractivity contribution in [3.8, 4) is 5.75 Å². The summed E-state index contributed by atoms with van der Waals surface area (Å²) in [5, 5.41) is 8.88. The van der Waals surface area contributed by atoms with Crippen LogP contribution in [0.15, 0.2) is 30.3 Å². The third kappa shape index (κ3) is 6.05. The van der Waals surface area contributed by atoms with E-state index < -0.39 is 43.6 Å². The molecule has 188 valence electrons. The van der Waals surface area contributed by atoms with Gasteiger partial charge in [-0.05, 0) is 47.4 Å². The number of hydrogen-bond acceptors (Lipinski definition) is 5. The zero-order valence-corrected chi connectivity index (χ0v) is 21.2. The number of benzene rings is 2. The van der Waals surface area contributed by atoms with Gasteiger partial charge < -0.3 is 14.6 Å². The Morgan fingerprint density at radius 2 is 1.77 bits per heavy atom. The van der Waals surface area contributed by atoms with Gasteiger partial charge in [-0.3, -0.25) is 14.5 Å². The fourth-order valence-corrected chi connectivity index (χ4v) is 5.90. The number of carbonyl (C=O) groups excluding carboxylic acids is 2. The quantitative estimate of drug-likeness (QED) is 0.548. The maximum absolute atomic E-state index is 14.8. The molecule has 0 spiro atoms. The van der Waals surface area contributed by atoms with Crippen LogP contribution < -0.4 is 9.92 Å². The molecule has 1 aliphatic rings. The second-order valence-corrected chi connectivity index (χ2v) is 14.5. The molecule has 1 N–H and O–H groups in total. The molecule has 0 saturated carbocycles. The maximum atomic E-state index is 14.8. The predicted molar refractivity (Wildman–Crippen MR) is 128 cm³/mol. The molecule has 7 nitrogen and oxygen atoms in total. The second kappa shape index (κ2) is 10.6. The number of halogens is 2. The molecule has 1 atom stereocenters. The van der Waals surface area contributed by atoms with Crippen molar-refractivity contribution < 1.29 is 37.7 Å². The number of aliphatic carboxylic acids is 1. The van der Waals surface area contributed by atoms with Gasteiger partial charge in [0, 0.05) is 18.2 Å². The Morgan fingerprint density at radius 3 is 2.34 bits per heavy atom. The number of rotatable bonds is 8. The van der Waals surface area contributed by atoms with Gasteiger partial charge >= 0.3 is 12.1 Å². The van der Waals surface area contributed by atoms with Crippen LogP contribution in [0.4, 0.5) is 13.6 Å². The number of carboxylic acids is 1. The summed E-state index contributed by atoms with van der Waals surface area (Å²) in [6.45, 7) is 5.32. The van der Waals surface area contributed by atoms with E-state index in [1.54, 1.807) is 18.2 Å². The van der Waals surface area contributed by atoms with E-state index in [1.165, 1.54) is 24.1 Å². The number of fused-ring (bicyclic) bond motifs is 1. The van der Waals surface area contributed by atoms with Gasteiger partial charge in [0.2, 0.25) is 0 Å². The van der Waals surface area contributed by atoms with E-state index >= 15 is 0 Å². The average Bonchev–Trinajstić information content (AvgIpc) is 2.75. The van der Waals surface area contributed by atoms with Crippen molar-refractivity contribution in [2.45, 2.75) is 44.9 Å². The minimum Gasteiger partial charge on any atom is -0.497 e. The van der Waals surface area contributed by atoms with Crippen LogP contribution in [0.2, 0.25) is 19.6 Å². The van der Waals surface area contributed by atoms with Gasteiger partial charge in [0.25, 0.3) is 0 Å². The van der Waals surface area contributed by atoms with Crippen molar-refractivity contribution in [1.82, 2.24) is 4.90 Å². The van der Waals surface area contributed by atoms with E-state index in [0.717, 1.165) is 5.56 Å².